The summed E-state index contributed by atoms with van der Waals surface area (Å²) in [5.74, 6) is 0.540. The monoisotopic (exact) mass is 420 g/mol. The summed E-state index contributed by atoms with van der Waals surface area (Å²) in [6, 6.07) is 22.6. The second-order valence-electron chi connectivity index (χ2n) is 6.28. The summed E-state index contributed by atoms with van der Waals surface area (Å²) in [5.41, 5.74) is 3.07. The molecule has 4 nitrogen and oxygen atoms in total. The number of rotatable bonds is 5. The molecule has 0 fully saturated rings. The first-order chi connectivity index (χ1) is 14.1. The summed E-state index contributed by atoms with van der Waals surface area (Å²) in [6.07, 6.45) is 1.86. The zero-order chi connectivity index (χ0) is 20.2. The first-order valence-electron chi connectivity index (χ1n) is 8.91. The van der Waals surface area contributed by atoms with Crippen molar-refractivity contribution >= 4 is 55.8 Å². The number of carbonyl (C=O) groups excluding carboxylic acids is 1. The summed E-state index contributed by atoms with van der Waals surface area (Å²) in [6.45, 7) is 0. The molecular weight excluding hydrogens is 404 g/mol. The van der Waals surface area contributed by atoms with E-state index in [0.29, 0.717) is 15.7 Å². The molecule has 0 aliphatic rings. The smallest absolute Gasteiger partial charge is 0.258 e. The fourth-order valence-corrected chi connectivity index (χ4v) is 4.02. The lowest BCUT2D eigenvalue weighted by molar-refractivity contribution is -0.111. The Morgan fingerprint density at radius 1 is 1.07 bits per heavy atom. The molecule has 0 spiro atoms. The molecule has 0 bridgehead atoms. The molecule has 144 valence electrons. The molecule has 1 N–H and O–H groups in total. The Hall–Kier alpha value is -3.15. The van der Waals surface area contributed by atoms with Crippen molar-refractivity contribution in [1.29, 1.82) is 0 Å². The minimum Gasteiger partial charge on any atom is -0.497 e. The number of ether oxygens (including phenoxy) is 1. The van der Waals surface area contributed by atoms with Crippen molar-refractivity contribution in [3.05, 3.63) is 88.9 Å². The number of methoxy groups -OCH3 is 1. The molecule has 1 heterocycles. The lowest BCUT2D eigenvalue weighted by atomic mass is 10.0. The van der Waals surface area contributed by atoms with Gasteiger partial charge in [0.05, 0.1) is 17.3 Å². The fourth-order valence-electron chi connectivity index (χ4n) is 2.88. The highest BCUT2D eigenvalue weighted by Crippen LogP contribution is 2.29. The van der Waals surface area contributed by atoms with Crippen LogP contribution in [0, 0.1) is 0 Å². The van der Waals surface area contributed by atoms with Crippen molar-refractivity contribution in [1.82, 2.24) is 4.98 Å². The molecule has 3 aromatic carbocycles. The first-order valence-corrected chi connectivity index (χ1v) is 10.1. The van der Waals surface area contributed by atoms with Gasteiger partial charge in [-0.2, -0.15) is 0 Å². The Morgan fingerprint density at radius 3 is 2.55 bits per heavy atom. The van der Waals surface area contributed by atoms with Crippen molar-refractivity contribution < 1.29 is 9.53 Å². The van der Waals surface area contributed by atoms with Crippen molar-refractivity contribution in [2.24, 2.45) is 0 Å². The number of hydrogen-bond acceptors (Lipinski definition) is 4. The Morgan fingerprint density at radius 2 is 1.83 bits per heavy atom. The van der Waals surface area contributed by atoms with E-state index < -0.39 is 0 Å². The summed E-state index contributed by atoms with van der Waals surface area (Å²) < 4.78 is 6.13. The van der Waals surface area contributed by atoms with Crippen LogP contribution in [0.15, 0.2) is 72.8 Å². The average molecular weight is 421 g/mol. The third kappa shape index (κ3) is 4.47. The van der Waals surface area contributed by atoms with Gasteiger partial charge in [-0.3, -0.25) is 10.1 Å². The van der Waals surface area contributed by atoms with Crippen molar-refractivity contribution in [2.45, 2.75) is 0 Å². The largest absolute Gasteiger partial charge is 0.497 e. The van der Waals surface area contributed by atoms with Gasteiger partial charge < -0.3 is 4.74 Å². The Bertz CT molecular complexity index is 1180. The van der Waals surface area contributed by atoms with Gasteiger partial charge in [-0.05, 0) is 47.5 Å². The second kappa shape index (κ2) is 8.47. The molecule has 6 heteroatoms. The van der Waals surface area contributed by atoms with Crippen LogP contribution in [0.25, 0.3) is 21.9 Å². The van der Waals surface area contributed by atoms with E-state index in [1.54, 1.807) is 13.2 Å². The summed E-state index contributed by atoms with van der Waals surface area (Å²) >= 11 is 7.44. The molecule has 4 rings (SSSR count). The highest BCUT2D eigenvalue weighted by molar-refractivity contribution is 7.22. The number of anilines is 1. The highest BCUT2D eigenvalue weighted by Gasteiger charge is 2.15. The van der Waals surface area contributed by atoms with Crippen LogP contribution in [0.5, 0.6) is 5.75 Å². The molecule has 0 unspecified atom stereocenters. The van der Waals surface area contributed by atoms with Crippen LogP contribution >= 0.6 is 22.9 Å². The van der Waals surface area contributed by atoms with E-state index >= 15 is 0 Å². The van der Waals surface area contributed by atoms with Crippen LogP contribution in [-0.4, -0.2) is 18.0 Å². The molecule has 0 radical (unpaired) electrons. The molecule has 1 amide bonds. The van der Waals surface area contributed by atoms with E-state index in [2.05, 4.69) is 10.3 Å². The molecule has 0 aliphatic heterocycles. The van der Waals surface area contributed by atoms with Gasteiger partial charge in [-0.15, -0.1) is 0 Å². The maximum absolute atomic E-state index is 13.1. The first kappa shape index (κ1) is 19.2. The summed E-state index contributed by atoms with van der Waals surface area (Å²) in [4.78, 5) is 17.6. The number of fused-ring (bicyclic) bond motifs is 1. The zero-order valence-electron chi connectivity index (χ0n) is 15.6. The Balaban J connectivity index is 1.67. The van der Waals surface area contributed by atoms with E-state index in [1.807, 2.05) is 72.8 Å². The predicted octanol–water partition coefficient (Wildman–Crippen LogP) is 6.14. The lowest BCUT2D eigenvalue weighted by Crippen LogP contribution is -2.13. The number of carbonyl (C=O) groups is 1. The second-order valence-corrected chi connectivity index (χ2v) is 7.75. The van der Waals surface area contributed by atoms with Crippen molar-refractivity contribution in [3.8, 4) is 5.75 Å². The highest BCUT2D eigenvalue weighted by atomic mass is 35.5. The number of amides is 1. The quantitative estimate of drug-likeness (QED) is 0.311. The number of nitrogens with one attached hydrogen (secondary N) is 1. The minimum absolute atomic E-state index is 0.225. The van der Waals surface area contributed by atoms with Gasteiger partial charge in [0.1, 0.15) is 5.75 Å². The van der Waals surface area contributed by atoms with Crippen LogP contribution in [0.3, 0.4) is 0 Å². The number of nitrogens with zero attached hydrogens (tertiary/aromatic N) is 1. The number of aromatic nitrogens is 1. The van der Waals surface area contributed by atoms with Crippen molar-refractivity contribution in [3.63, 3.8) is 0 Å². The zero-order valence-corrected chi connectivity index (χ0v) is 17.1. The summed E-state index contributed by atoms with van der Waals surface area (Å²) in [5, 5.41) is 4.10. The molecule has 0 saturated carbocycles. The molecule has 4 aromatic rings. The third-order valence-electron chi connectivity index (χ3n) is 4.33. The van der Waals surface area contributed by atoms with Crippen LogP contribution in [-0.2, 0) is 4.79 Å². The van der Waals surface area contributed by atoms with E-state index in [0.717, 1.165) is 27.1 Å². The van der Waals surface area contributed by atoms with E-state index in [4.69, 9.17) is 16.3 Å². The average Bonchev–Trinajstić information content (AvgIpc) is 3.14. The van der Waals surface area contributed by atoms with Gasteiger partial charge in [0.2, 0.25) is 0 Å². The Labute approximate surface area is 177 Å². The van der Waals surface area contributed by atoms with Crippen LogP contribution in [0.4, 0.5) is 5.13 Å². The van der Waals surface area contributed by atoms with Gasteiger partial charge in [-0.1, -0.05) is 65.4 Å². The standard InChI is InChI=1S/C23H17ClN2O2S/c1-28-18-10-7-15(8-11-18)13-19(16-5-3-2-4-6-16)22(27)26-23-25-20-12-9-17(24)14-21(20)29-23/h2-14H,1H3,(H,25,26,27)/b19-13+. The Kier molecular flexibility index (Phi) is 5.60. The minimum atomic E-state index is -0.225. The van der Waals surface area contributed by atoms with E-state index in [1.165, 1.54) is 11.3 Å². The fraction of sp³-hybridized carbons (Fsp3) is 0.0435. The van der Waals surface area contributed by atoms with Gasteiger partial charge in [0, 0.05) is 10.6 Å². The SMILES string of the molecule is COc1ccc(/C=C(/C(=O)Nc2nc3ccc(Cl)cc3s2)c2ccccc2)cc1. The van der Waals surface area contributed by atoms with E-state index in [-0.39, 0.29) is 5.91 Å². The van der Waals surface area contributed by atoms with Crippen molar-refractivity contribution in [2.75, 3.05) is 12.4 Å². The maximum atomic E-state index is 13.1. The summed E-state index contributed by atoms with van der Waals surface area (Å²) in [7, 11) is 1.62. The normalized spacial score (nSPS) is 11.4. The van der Waals surface area contributed by atoms with Crippen LogP contribution in [0.2, 0.25) is 5.02 Å². The molecule has 29 heavy (non-hydrogen) atoms. The topological polar surface area (TPSA) is 51.2 Å². The molecule has 0 saturated heterocycles. The lowest BCUT2D eigenvalue weighted by Gasteiger charge is -2.08. The van der Waals surface area contributed by atoms with Gasteiger partial charge in [0.15, 0.2) is 5.13 Å². The number of hydrogen-bond donors (Lipinski definition) is 1. The molecule has 0 aliphatic carbocycles. The van der Waals surface area contributed by atoms with Crippen LogP contribution in [0.1, 0.15) is 11.1 Å². The molecule has 0 atom stereocenters. The van der Waals surface area contributed by atoms with Gasteiger partial charge in [0.25, 0.3) is 5.91 Å². The third-order valence-corrected chi connectivity index (χ3v) is 5.50. The van der Waals surface area contributed by atoms with Gasteiger partial charge >= 0.3 is 0 Å². The number of thiazole rings is 1. The predicted molar refractivity (Wildman–Crippen MR) is 121 cm³/mol. The molecular formula is C23H17ClN2O2S. The maximum Gasteiger partial charge on any atom is 0.258 e. The van der Waals surface area contributed by atoms with Crippen LogP contribution < -0.4 is 10.1 Å². The van der Waals surface area contributed by atoms with E-state index in [9.17, 15) is 4.79 Å². The number of benzene rings is 3. The molecule has 1 aromatic heterocycles. The number of halogens is 1. The van der Waals surface area contributed by atoms with Gasteiger partial charge in [-0.25, -0.2) is 4.98 Å².